The highest BCUT2D eigenvalue weighted by atomic mass is 35.5. The minimum Gasteiger partial charge on any atom is -0.507 e. The number of halogens is 3. The molecule has 33 heavy (non-hydrogen) atoms. The van der Waals surface area contributed by atoms with E-state index in [-0.39, 0.29) is 16.2 Å². The van der Waals surface area contributed by atoms with Gasteiger partial charge in [0.05, 0.1) is 23.2 Å². The summed E-state index contributed by atoms with van der Waals surface area (Å²) < 4.78 is 19.0. The van der Waals surface area contributed by atoms with Gasteiger partial charge in [0.25, 0.3) is 11.7 Å². The Hall–Kier alpha value is -3.35. The number of ether oxygens (including phenoxy) is 1. The first-order chi connectivity index (χ1) is 15.8. The van der Waals surface area contributed by atoms with Crippen molar-refractivity contribution in [1.82, 2.24) is 0 Å². The number of benzene rings is 3. The van der Waals surface area contributed by atoms with Crippen LogP contribution in [0.1, 0.15) is 24.1 Å². The Kier molecular flexibility index (Phi) is 6.40. The van der Waals surface area contributed by atoms with Gasteiger partial charge in [0.15, 0.2) is 0 Å². The molecule has 1 amide bonds. The molecule has 1 atom stereocenters. The molecule has 0 aromatic heterocycles. The zero-order valence-electron chi connectivity index (χ0n) is 17.4. The number of Topliss-reactive ketones (excluding diaryl/α,β-unsaturated/α-hetero) is 1. The largest absolute Gasteiger partial charge is 0.507 e. The van der Waals surface area contributed by atoms with Crippen LogP contribution in [0.25, 0.3) is 5.76 Å². The first-order valence-electron chi connectivity index (χ1n) is 10.1. The number of aliphatic hydroxyl groups is 1. The van der Waals surface area contributed by atoms with Crippen molar-refractivity contribution in [3.05, 3.63) is 99.3 Å². The number of carbonyl (C=O) groups excluding carboxylic acids is 2. The fourth-order valence-electron chi connectivity index (χ4n) is 3.75. The number of carbonyl (C=O) groups is 2. The van der Waals surface area contributed by atoms with E-state index in [1.54, 1.807) is 30.3 Å². The quantitative estimate of drug-likeness (QED) is 0.267. The predicted octanol–water partition coefficient (Wildman–Crippen LogP) is 6.16. The lowest BCUT2D eigenvalue weighted by molar-refractivity contribution is -0.132. The van der Waals surface area contributed by atoms with Crippen molar-refractivity contribution in [1.29, 1.82) is 0 Å². The first kappa shape index (κ1) is 22.8. The maximum Gasteiger partial charge on any atom is 0.300 e. The van der Waals surface area contributed by atoms with Crippen molar-refractivity contribution in [3.63, 3.8) is 0 Å². The van der Waals surface area contributed by atoms with E-state index in [0.29, 0.717) is 28.6 Å². The number of ketones is 1. The van der Waals surface area contributed by atoms with E-state index >= 15 is 0 Å². The van der Waals surface area contributed by atoms with Crippen molar-refractivity contribution >= 4 is 46.3 Å². The first-order valence-corrected chi connectivity index (χ1v) is 10.8. The number of nitrogens with zero attached hydrogens (tertiary/aromatic N) is 1. The minimum absolute atomic E-state index is 0.151. The molecule has 3 aromatic carbocycles. The molecule has 168 valence electrons. The second-order valence-electron chi connectivity index (χ2n) is 7.27. The van der Waals surface area contributed by atoms with Gasteiger partial charge in [-0.3, -0.25) is 14.5 Å². The molecule has 1 aliphatic heterocycles. The van der Waals surface area contributed by atoms with Gasteiger partial charge in [0, 0.05) is 16.3 Å². The molecule has 1 N–H and O–H groups in total. The van der Waals surface area contributed by atoms with Crippen LogP contribution in [-0.2, 0) is 9.59 Å². The van der Waals surface area contributed by atoms with E-state index in [0.717, 1.165) is 0 Å². The smallest absolute Gasteiger partial charge is 0.300 e. The zero-order chi connectivity index (χ0) is 23.7. The summed E-state index contributed by atoms with van der Waals surface area (Å²) in [5, 5.41) is 11.9. The normalized spacial score (nSPS) is 17.5. The van der Waals surface area contributed by atoms with Crippen LogP contribution in [0.2, 0.25) is 10.0 Å². The molecule has 4 rings (SSSR count). The Morgan fingerprint density at radius 2 is 1.70 bits per heavy atom. The summed E-state index contributed by atoms with van der Waals surface area (Å²) in [7, 11) is 0. The summed E-state index contributed by atoms with van der Waals surface area (Å²) in [5.74, 6) is -2.24. The molecule has 0 bridgehead atoms. The van der Waals surface area contributed by atoms with Crippen molar-refractivity contribution in [3.8, 4) is 5.75 Å². The highest BCUT2D eigenvalue weighted by Crippen LogP contribution is 2.43. The highest BCUT2D eigenvalue weighted by molar-refractivity contribution is 6.52. The Bertz CT molecular complexity index is 1260. The van der Waals surface area contributed by atoms with Crippen LogP contribution in [0, 0.1) is 5.82 Å². The van der Waals surface area contributed by atoms with Gasteiger partial charge in [-0.25, -0.2) is 4.39 Å². The maximum absolute atomic E-state index is 13.5. The van der Waals surface area contributed by atoms with Crippen molar-refractivity contribution < 1.29 is 23.8 Å². The van der Waals surface area contributed by atoms with E-state index in [4.69, 9.17) is 27.9 Å². The van der Waals surface area contributed by atoms with Gasteiger partial charge < -0.3 is 9.84 Å². The van der Waals surface area contributed by atoms with Crippen LogP contribution < -0.4 is 9.64 Å². The number of hydrogen-bond acceptors (Lipinski definition) is 4. The molecular weight excluding hydrogens is 468 g/mol. The molecule has 5 nitrogen and oxygen atoms in total. The molecule has 0 saturated carbocycles. The van der Waals surface area contributed by atoms with Gasteiger partial charge in [0.1, 0.15) is 17.3 Å². The zero-order valence-corrected chi connectivity index (χ0v) is 18.9. The second kappa shape index (κ2) is 9.25. The van der Waals surface area contributed by atoms with Crippen LogP contribution >= 0.6 is 23.2 Å². The molecule has 1 saturated heterocycles. The van der Waals surface area contributed by atoms with E-state index in [2.05, 4.69) is 0 Å². The summed E-state index contributed by atoms with van der Waals surface area (Å²) in [5.41, 5.74) is 0.828. The number of aliphatic hydroxyl groups excluding tert-OH is 1. The summed E-state index contributed by atoms with van der Waals surface area (Å²) >= 11 is 12.3. The van der Waals surface area contributed by atoms with E-state index < -0.39 is 29.3 Å². The predicted molar refractivity (Wildman–Crippen MR) is 125 cm³/mol. The summed E-state index contributed by atoms with van der Waals surface area (Å²) in [6.07, 6.45) is 0. The van der Waals surface area contributed by atoms with E-state index in [9.17, 15) is 19.1 Å². The van der Waals surface area contributed by atoms with E-state index in [1.807, 2.05) is 6.92 Å². The Morgan fingerprint density at radius 3 is 2.33 bits per heavy atom. The van der Waals surface area contributed by atoms with Crippen molar-refractivity contribution in [2.75, 3.05) is 11.5 Å². The standard InChI is InChI=1S/C25H18Cl2FNO4/c1-2-33-18-11-12-20(27)19(13-18)23(30)21-22(14-3-5-15(26)6-4-14)29(25(32)24(21)31)17-9-7-16(28)8-10-17/h3-13,22,30H,2H2,1H3/b23-21+. The molecule has 0 spiro atoms. The Balaban J connectivity index is 1.94. The summed E-state index contributed by atoms with van der Waals surface area (Å²) in [4.78, 5) is 27.5. The van der Waals surface area contributed by atoms with Gasteiger partial charge in [-0.1, -0.05) is 35.3 Å². The average Bonchev–Trinajstić information content (AvgIpc) is 3.06. The molecule has 0 radical (unpaired) electrons. The molecule has 0 aliphatic carbocycles. The molecule has 8 heteroatoms. The fourth-order valence-corrected chi connectivity index (χ4v) is 4.08. The summed E-state index contributed by atoms with van der Waals surface area (Å²) in [6, 6.07) is 15.4. The van der Waals surface area contributed by atoms with Crippen LogP contribution in [0.5, 0.6) is 5.75 Å². The third kappa shape index (κ3) is 4.32. The van der Waals surface area contributed by atoms with Crippen LogP contribution in [-0.4, -0.2) is 23.4 Å². The average molecular weight is 486 g/mol. The van der Waals surface area contributed by atoms with Crippen LogP contribution in [0.15, 0.2) is 72.3 Å². The van der Waals surface area contributed by atoms with E-state index in [1.165, 1.54) is 41.3 Å². The second-order valence-corrected chi connectivity index (χ2v) is 8.12. The summed E-state index contributed by atoms with van der Waals surface area (Å²) in [6.45, 7) is 2.20. The van der Waals surface area contributed by atoms with Gasteiger partial charge in [-0.2, -0.15) is 0 Å². The van der Waals surface area contributed by atoms with Gasteiger partial charge in [-0.15, -0.1) is 0 Å². The lowest BCUT2D eigenvalue weighted by Gasteiger charge is -2.25. The molecule has 1 fully saturated rings. The Labute approximate surface area is 199 Å². The minimum atomic E-state index is -0.987. The number of hydrogen-bond donors (Lipinski definition) is 1. The third-order valence-corrected chi connectivity index (χ3v) is 5.82. The maximum atomic E-state index is 13.5. The molecule has 3 aromatic rings. The fraction of sp³-hybridized carbons (Fsp3) is 0.120. The van der Waals surface area contributed by atoms with Gasteiger partial charge in [-0.05, 0) is 67.1 Å². The van der Waals surface area contributed by atoms with Gasteiger partial charge in [0.2, 0.25) is 0 Å². The van der Waals surface area contributed by atoms with Gasteiger partial charge >= 0.3 is 0 Å². The highest BCUT2D eigenvalue weighted by Gasteiger charge is 2.47. The number of rotatable bonds is 5. The molecule has 1 aliphatic rings. The lowest BCUT2D eigenvalue weighted by atomic mass is 9.95. The van der Waals surface area contributed by atoms with Crippen molar-refractivity contribution in [2.24, 2.45) is 0 Å². The Morgan fingerprint density at radius 1 is 1.03 bits per heavy atom. The van der Waals surface area contributed by atoms with Crippen LogP contribution in [0.4, 0.5) is 10.1 Å². The molecule has 1 heterocycles. The topological polar surface area (TPSA) is 66.8 Å². The monoisotopic (exact) mass is 485 g/mol. The van der Waals surface area contributed by atoms with Crippen LogP contribution in [0.3, 0.4) is 0 Å². The van der Waals surface area contributed by atoms with Crippen molar-refractivity contribution in [2.45, 2.75) is 13.0 Å². The SMILES string of the molecule is CCOc1ccc(Cl)c(/C(O)=C2\C(=O)C(=O)N(c3ccc(F)cc3)C2c2ccc(Cl)cc2)c1. The molecular formula is C25H18Cl2FNO4. The lowest BCUT2D eigenvalue weighted by Crippen LogP contribution is -2.29. The molecule has 1 unspecified atom stereocenters. The number of anilines is 1. The third-order valence-electron chi connectivity index (χ3n) is 5.24. The number of amides is 1.